The minimum atomic E-state index is -2.18. The number of hydrogen-bond acceptors (Lipinski definition) is 4. The topological polar surface area (TPSA) is 72.5 Å². The smallest absolute Gasteiger partial charge is 0.342 e. The van der Waals surface area contributed by atoms with Gasteiger partial charge in [0.1, 0.15) is 11.6 Å². The Morgan fingerprint density at radius 1 is 1.58 bits per heavy atom. The van der Waals surface area contributed by atoms with Crippen LogP contribution >= 0.6 is 28.3 Å². The van der Waals surface area contributed by atoms with Gasteiger partial charge in [-0.2, -0.15) is 0 Å². The van der Waals surface area contributed by atoms with E-state index in [1.54, 1.807) is 0 Å². The molecule has 0 aliphatic heterocycles. The summed E-state index contributed by atoms with van der Waals surface area (Å²) in [5.41, 5.74) is 5.28. The number of halogens is 4. The fourth-order valence-corrected chi connectivity index (χ4v) is 1.81. The molecule has 0 bridgehead atoms. The molecule has 0 saturated carbocycles. The summed E-state index contributed by atoms with van der Waals surface area (Å²) in [5, 5.41) is 9.64. The zero-order valence-electron chi connectivity index (χ0n) is 9.90. The van der Waals surface area contributed by atoms with Crippen molar-refractivity contribution < 1.29 is 23.4 Å². The molecular weight excluding hydrogens is 347 g/mol. The average molecular weight is 361 g/mol. The summed E-state index contributed by atoms with van der Waals surface area (Å²) in [6.45, 7) is 1.52. The first kappa shape index (κ1) is 18.1. The molecule has 1 unspecified atom stereocenters. The van der Waals surface area contributed by atoms with Gasteiger partial charge in [-0.15, -0.1) is 12.4 Å². The third kappa shape index (κ3) is 4.29. The Balaban J connectivity index is 0.00000324. The minimum Gasteiger partial charge on any atom is -0.506 e. The van der Waals surface area contributed by atoms with Crippen molar-refractivity contribution in [2.24, 2.45) is 5.73 Å². The molecule has 0 saturated heterocycles. The zero-order chi connectivity index (χ0) is 13.9. The van der Waals surface area contributed by atoms with Crippen LogP contribution in [-0.2, 0) is 9.53 Å². The van der Waals surface area contributed by atoms with E-state index in [0.717, 1.165) is 12.1 Å². The lowest BCUT2D eigenvalue weighted by Gasteiger charge is -2.17. The number of ether oxygens (including phenoxy) is 1. The molecule has 3 N–H and O–H groups in total. The van der Waals surface area contributed by atoms with Crippen LogP contribution in [0.15, 0.2) is 16.6 Å². The van der Waals surface area contributed by atoms with Crippen LogP contribution in [0.4, 0.5) is 8.78 Å². The summed E-state index contributed by atoms with van der Waals surface area (Å²) in [4.78, 5) is 11.2. The highest BCUT2D eigenvalue weighted by molar-refractivity contribution is 9.10. The summed E-state index contributed by atoms with van der Waals surface area (Å²) in [7, 11) is 0. The Morgan fingerprint density at radius 3 is 2.68 bits per heavy atom. The van der Waals surface area contributed by atoms with Crippen molar-refractivity contribution in [2.75, 3.05) is 6.61 Å². The quantitative estimate of drug-likeness (QED) is 0.810. The second kappa shape index (κ2) is 7.62. The van der Waals surface area contributed by atoms with Gasteiger partial charge in [0.2, 0.25) is 6.17 Å². The number of phenols is 1. The number of esters is 1. The lowest BCUT2D eigenvalue weighted by atomic mass is 10.0. The lowest BCUT2D eigenvalue weighted by molar-refractivity contribution is -0.149. The summed E-state index contributed by atoms with van der Waals surface area (Å²) in [6, 6.07) is 0.371. The van der Waals surface area contributed by atoms with Crippen molar-refractivity contribution in [3.05, 3.63) is 28.0 Å². The molecule has 0 radical (unpaired) electrons. The highest BCUT2D eigenvalue weighted by Gasteiger charge is 2.30. The Morgan fingerprint density at radius 2 is 2.16 bits per heavy atom. The van der Waals surface area contributed by atoms with Crippen molar-refractivity contribution in [3.63, 3.8) is 0 Å². The van der Waals surface area contributed by atoms with Crippen molar-refractivity contribution in [1.82, 2.24) is 0 Å². The van der Waals surface area contributed by atoms with Crippen molar-refractivity contribution >= 4 is 34.3 Å². The third-order valence-corrected chi connectivity index (χ3v) is 2.85. The van der Waals surface area contributed by atoms with Gasteiger partial charge in [0.15, 0.2) is 0 Å². The molecule has 1 rings (SSSR count). The normalized spacial score (nSPS) is 13.3. The number of benzene rings is 1. The Hall–Kier alpha value is -0.920. The summed E-state index contributed by atoms with van der Waals surface area (Å²) >= 11 is 2.90. The standard InChI is InChI=1S/C11H12BrF2NO3.ClH/c1-2-18-11(17)8(14)9(15)6-3-5(13)4-7(12)10(6)16;/h3-4,8-9,16H,2,15H2,1H3;1H/t8?,9-;/m0./s1. The number of alkyl halides is 1. The molecule has 0 aliphatic carbocycles. The van der Waals surface area contributed by atoms with Gasteiger partial charge in [-0.05, 0) is 35.0 Å². The van der Waals surface area contributed by atoms with Crippen LogP contribution in [0.5, 0.6) is 5.75 Å². The molecule has 0 aliphatic rings. The molecule has 0 amide bonds. The number of nitrogens with two attached hydrogens (primary N) is 1. The van der Waals surface area contributed by atoms with Crippen molar-refractivity contribution in [3.8, 4) is 5.75 Å². The second-order valence-corrected chi connectivity index (χ2v) is 4.36. The first-order valence-corrected chi connectivity index (χ1v) is 5.92. The molecule has 0 spiro atoms. The summed E-state index contributed by atoms with van der Waals surface area (Å²) in [5.74, 6) is -2.26. The first-order valence-electron chi connectivity index (χ1n) is 5.12. The van der Waals surface area contributed by atoms with Gasteiger partial charge in [0, 0.05) is 5.56 Å². The first-order chi connectivity index (χ1) is 8.38. The molecule has 8 heteroatoms. The maximum absolute atomic E-state index is 13.7. The molecule has 1 aromatic carbocycles. The Labute approximate surface area is 123 Å². The van der Waals surface area contributed by atoms with E-state index in [9.17, 15) is 18.7 Å². The molecule has 108 valence electrons. The highest BCUT2D eigenvalue weighted by atomic mass is 79.9. The number of carbonyl (C=O) groups excluding carboxylic acids is 1. The van der Waals surface area contributed by atoms with Crippen LogP contribution in [0.3, 0.4) is 0 Å². The third-order valence-electron chi connectivity index (χ3n) is 2.24. The number of hydrogen-bond donors (Lipinski definition) is 2. The highest BCUT2D eigenvalue weighted by Crippen LogP contribution is 2.34. The number of rotatable bonds is 4. The van der Waals surface area contributed by atoms with Crippen molar-refractivity contribution in [1.29, 1.82) is 0 Å². The largest absolute Gasteiger partial charge is 0.506 e. The van der Waals surface area contributed by atoms with Crippen LogP contribution in [-0.4, -0.2) is 23.9 Å². The van der Waals surface area contributed by atoms with E-state index in [0.29, 0.717) is 0 Å². The number of carbonyl (C=O) groups is 1. The van der Waals surface area contributed by atoms with Gasteiger partial charge in [0.25, 0.3) is 0 Å². The van der Waals surface area contributed by atoms with E-state index in [2.05, 4.69) is 20.7 Å². The van der Waals surface area contributed by atoms with Crippen molar-refractivity contribution in [2.45, 2.75) is 19.1 Å². The van der Waals surface area contributed by atoms with E-state index in [4.69, 9.17) is 5.73 Å². The summed E-state index contributed by atoms with van der Waals surface area (Å²) < 4.78 is 31.3. The van der Waals surface area contributed by atoms with E-state index in [1.165, 1.54) is 6.92 Å². The van der Waals surface area contributed by atoms with Crippen LogP contribution < -0.4 is 5.73 Å². The van der Waals surface area contributed by atoms with Crippen LogP contribution in [0.1, 0.15) is 18.5 Å². The van der Waals surface area contributed by atoms with Crippen LogP contribution in [0.2, 0.25) is 0 Å². The van der Waals surface area contributed by atoms with Gasteiger partial charge in [-0.1, -0.05) is 0 Å². The molecule has 19 heavy (non-hydrogen) atoms. The minimum absolute atomic E-state index is 0. The molecular formula is C11H13BrClF2NO3. The van der Waals surface area contributed by atoms with Crippen LogP contribution in [0, 0.1) is 5.82 Å². The molecule has 2 atom stereocenters. The molecule has 0 fully saturated rings. The monoisotopic (exact) mass is 359 g/mol. The molecule has 1 aromatic rings. The van der Waals surface area contributed by atoms with E-state index < -0.39 is 29.7 Å². The Bertz CT molecular complexity index is 462. The van der Waals surface area contributed by atoms with E-state index in [-0.39, 0.29) is 29.1 Å². The maximum Gasteiger partial charge on any atom is 0.342 e. The number of aromatic hydroxyl groups is 1. The van der Waals surface area contributed by atoms with Gasteiger partial charge >= 0.3 is 5.97 Å². The molecule has 0 aromatic heterocycles. The predicted molar refractivity (Wildman–Crippen MR) is 71.5 cm³/mol. The zero-order valence-corrected chi connectivity index (χ0v) is 12.3. The molecule has 0 heterocycles. The SMILES string of the molecule is CCOC(=O)C(F)[C@@H](N)c1cc(F)cc(Br)c1O.Cl. The lowest BCUT2D eigenvalue weighted by Crippen LogP contribution is -2.31. The summed E-state index contributed by atoms with van der Waals surface area (Å²) in [6.07, 6.45) is -2.18. The van der Waals surface area contributed by atoms with Gasteiger partial charge < -0.3 is 15.6 Å². The number of phenolic OH excluding ortho intramolecular Hbond substituents is 1. The molecule has 4 nitrogen and oxygen atoms in total. The predicted octanol–water partition coefficient (Wildman–Crippen LogP) is 2.62. The van der Waals surface area contributed by atoms with Gasteiger partial charge in [-0.25, -0.2) is 13.6 Å². The van der Waals surface area contributed by atoms with Gasteiger partial charge in [0.05, 0.1) is 17.1 Å². The van der Waals surface area contributed by atoms with E-state index >= 15 is 0 Å². The fourth-order valence-electron chi connectivity index (χ4n) is 1.37. The average Bonchev–Trinajstić information content (AvgIpc) is 2.32. The maximum atomic E-state index is 13.7. The van der Waals surface area contributed by atoms with Gasteiger partial charge in [-0.3, -0.25) is 0 Å². The second-order valence-electron chi connectivity index (χ2n) is 3.51. The Kier molecular flexibility index (Phi) is 7.25. The van der Waals surface area contributed by atoms with E-state index in [1.807, 2.05) is 0 Å². The van der Waals surface area contributed by atoms with Crippen LogP contribution in [0.25, 0.3) is 0 Å². The fraction of sp³-hybridized carbons (Fsp3) is 0.364.